The molecular formula is C16H20N2O2. The molecule has 0 bridgehead atoms. The van der Waals surface area contributed by atoms with Crippen LogP contribution in [0.5, 0.6) is 5.75 Å². The fourth-order valence-electron chi connectivity index (χ4n) is 2.17. The van der Waals surface area contributed by atoms with Crippen molar-refractivity contribution in [3.8, 4) is 5.75 Å². The summed E-state index contributed by atoms with van der Waals surface area (Å²) in [5, 5.41) is 18.5. The third kappa shape index (κ3) is 4.64. The number of phenolic OH excluding ortho intramolecular Hbond substituents is 1. The lowest BCUT2D eigenvalue weighted by atomic mass is 10.1. The normalized spacial score (nSPS) is 10.9. The molecule has 2 rings (SSSR count). The molecule has 106 valence electrons. The van der Waals surface area contributed by atoms with Crippen molar-refractivity contribution < 1.29 is 10.2 Å². The van der Waals surface area contributed by atoms with Crippen LogP contribution in [0.25, 0.3) is 0 Å². The number of aliphatic hydroxyl groups excluding tert-OH is 1. The molecule has 0 saturated heterocycles. The lowest BCUT2D eigenvalue weighted by Gasteiger charge is -2.22. The van der Waals surface area contributed by atoms with E-state index in [9.17, 15) is 5.11 Å². The van der Waals surface area contributed by atoms with Gasteiger partial charge >= 0.3 is 0 Å². The quantitative estimate of drug-likeness (QED) is 0.811. The number of hydrogen-bond acceptors (Lipinski definition) is 4. The van der Waals surface area contributed by atoms with Gasteiger partial charge in [-0.05, 0) is 41.8 Å². The first-order valence-corrected chi connectivity index (χ1v) is 6.78. The van der Waals surface area contributed by atoms with E-state index in [1.54, 1.807) is 24.5 Å². The monoisotopic (exact) mass is 272 g/mol. The van der Waals surface area contributed by atoms with Crippen LogP contribution in [0.4, 0.5) is 0 Å². The largest absolute Gasteiger partial charge is 0.508 e. The maximum absolute atomic E-state index is 9.52. The lowest BCUT2D eigenvalue weighted by molar-refractivity contribution is 0.212. The molecule has 1 aromatic heterocycles. The number of aromatic hydroxyl groups is 1. The van der Waals surface area contributed by atoms with Gasteiger partial charge in [0.2, 0.25) is 0 Å². The number of hydrogen-bond donors (Lipinski definition) is 2. The van der Waals surface area contributed by atoms with E-state index < -0.39 is 0 Å². The van der Waals surface area contributed by atoms with Gasteiger partial charge in [0.1, 0.15) is 5.75 Å². The number of aliphatic hydroxyl groups is 1. The molecule has 0 saturated carbocycles. The van der Waals surface area contributed by atoms with Gasteiger partial charge in [0.05, 0.1) is 0 Å². The van der Waals surface area contributed by atoms with E-state index in [1.807, 2.05) is 24.3 Å². The van der Waals surface area contributed by atoms with Crippen molar-refractivity contribution in [1.82, 2.24) is 9.88 Å². The molecule has 4 nitrogen and oxygen atoms in total. The second-order valence-electron chi connectivity index (χ2n) is 4.81. The lowest BCUT2D eigenvalue weighted by Crippen LogP contribution is -2.24. The minimum atomic E-state index is 0.187. The number of nitrogens with zero attached hydrogens (tertiary/aromatic N) is 2. The highest BCUT2D eigenvalue weighted by Crippen LogP contribution is 2.15. The summed E-state index contributed by atoms with van der Waals surface area (Å²) in [6.07, 6.45) is 4.31. The molecule has 0 aliphatic carbocycles. The van der Waals surface area contributed by atoms with Crippen LogP contribution < -0.4 is 0 Å². The van der Waals surface area contributed by atoms with Crippen LogP contribution in [0.3, 0.4) is 0 Å². The van der Waals surface area contributed by atoms with Gasteiger partial charge in [-0.15, -0.1) is 0 Å². The first-order chi connectivity index (χ1) is 9.78. The van der Waals surface area contributed by atoms with Crippen molar-refractivity contribution in [2.45, 2.75) is 19.5 Å². The SMILES string of the molecule is OCCCN(Cc1ccncc1)Cc1cccc(O)c1. The van der Waals surface area contributed by atoms with Gasteiger partial charge in [0, 0.05) is 38.6 Å². The number of pyridine rings is 1. The molecule has 0 fully saturated rings. The summed E-state index contributed by atoms with van der Waals surface area (Å²) in [5.74, 6) is 0.286. The summed E-state index contributed by atoms with van der Waals surface area (Å²) in [4.78, 5) is 6.27. The smallest absolute Gasteiger partial charge is 0.115 e. The minimum Gasteiger partial charge on any atom is -0.508 e. The molecule has 1 heterocycles. The third-order valence-corrected chi connectivity index (χ3v) is 3.10. The molecule has 2 N–H and O–H groups in total. The summed E-state index contributed by atoms with van der Waals surface area (Å²) < 4.78 is 0. The average Bonchev–Trinajstić information content (AvgIpc) is 2.46. The fraction of sp³-hybridized carbons (Fsp3) is 0.312. The molecule has 4 heteroatoms. The van der Waals surface area contributed by atoms with Gasteiger partial charge in [0.25, 0.3) is 0 Å². The van der Waals surface area contributed by atoms with Gasteiger partial charge in [0.15, 0.2) is 0 Å². The second-order valence-corrected chi connectivity index (χ2v) is 4.81. The van der Waals surface area contributed by atoms with E-state index in [0.29, 0.717) is 0 Å². The van der Waals surface area contributed by atoms with Crippen molar-refractivity contribution in [1.29, 1.82) is 0 Å². The van der Waals surface area contributed by atoms with Crippen LogP contribution >= 0.6 is 0 Å². The average molecular weight is 272 g/mol. The van der Waals surface area contributed by atoms with Gasteiger partial charge in [-0.1, -0.05) is 12.1 Å². The molecule has 1 aromatic carbocycles. The van der Waals surface area contributed by atoms with Crippen LogP contribution in [0.2, 0.25) is 0 Å². The highest BCUT2D eigenvalue weighted by molar-refractivity contribution is 5.27. The summed E-state index contributed by atoms with van der Waals surface area (Å²) >= 11 is 0. The van der Waals surface area contributed by atoms with Gasteiger partial charge in [-0.3, -0.25) is 9.88 Å². The molecule has 2 aromatic rings. The minimum absolute atomic E-state index is 0.187. The van der Waals surface area contributed by atoms with Crippen LogP contribution in [-0.2, 0) is 13.1 Å². The van der Waals surface area contributed by atoms with E-state index >= 15 is 0 Å². The molecule has 0 radical (unpaired) electrons. The maximum Gasteiger partial charge on any atom is 0.115 e. The van der Waals surface area contributed by atoms with Gasteiger partial charge in [-0.25, -0.2) is 0 Å². The number of phenols is 1. The van der Waals surface area contributed by atoms with Crippen LogP contribution in [0.1, 0.15) is 17.5 Å². The zero-order valence-electron chi connectivity index (χ0n) is 11.4. The van der Waals surface area contributed by atoms with E-state index in [-0.39, 0.29) is 12.4 Å². The topological polar surface area (TPSA) is 56.6 Å². The fourth-order valence-corrected chi connectivity index (χ4v) is 2.17. The first kappa shape index (κ1) is 14.5. The van der Waals surface area contributed by atoms with E-state index in [4.69, 9.17) is 5.11 Å². The van der Waals surface area contributed by atoms with Crippen molar-refractivity contribution in [2.75, 3.05) is 13.2 Å². The number of benzene rings is 1. The highest BCUT2D eigenvalue weighted by Gasteiger charge is 2.07. The van der Waals surface area contributed by atoms with Crippen LogP contribution in [-0.4, -0.2) is 33.2 Å². The Bertz CT molecular complexity index is 517. The van der Waals surface area contributed by atoms with Crippen molar-refractivity contribution in [3.05, 3.63) is 59.9 Å². The molecule has 20 heavy (non-hydrogen) atoms. The Morgan fingerprint density at radius 3 is 2.45 bits per heavy atom. The Labute approximate surface area is 119 Å². The number of rotatable bonds is 7. The Morgan fingerprint density at radius 2 is 1.75 bits per heavy atom. The van der Waals surface area contributed by atoms with Gasteiger partial charge in [-0.2, -0.15) is 0 Å². The first-order valence-electron chi connectivity index (χ1n) is 6.78. The van der Waals surface area contributed by atoms with Crippen molar-refractivity contribution >= 4 is 0 Å². The molecule has 0 aliphatic heterocycles. The molecule has 0 amide bonds. The summed E-state index contributed by atoms with van der Waals surface area (Å²) in [6, 6.07) is 11.3. The van der Waals surface area contributed by atoms with E-state index in [2.05, 4.69) is 9.88 Å². The summed E-state index contributed by atoms with van der Waals surface area (Å²) in [6.45, 7) is 2.55. The van der Waals surface area contributed by atoms with Crippen LogP contribution in [0.15, 0.2) is 48.8 Å². The zero-order valence-corrected chi connectivity index (χ0v) is 11.4. The maximum atomic E-state index is 9.52. The highest BCUT2D eigenvalue weighted by atomic mass is 16.3. The zero-order chi connectivity index (χ0) is 14.2. The predicted molar refractivity (Wildman–Crippen MR) is 78.2 cm³/mol. The molecule has 0 spiro atoms. The third-order valence-electron chi connectivity index (χ3n) is 3.10. The molecule has 0 aliphatic rings. The molecule has 0 atom stereocenters. The van der Waals surface area contributed by atoms with Gasteiger partial charge < -0.3 is 10.2 Å². The predicted octanol–water partition coefficient (Wildman–Crippen LogP) is 2.17. The second kappa shape index (κ2) is 7.62. The Kier molecular flexibility index (Phi) is 5.53. The Morgan fingerprint density at radius 1 is 1.00 bits per heavy atom. The number of aromatic nitrogens is 1. The van der Waals surface area contributed by atoms with E-state index in [0.717, 1.165) is 31.6 Å². The van der Waals surface area contributed by atoms with Crippen LogP contribution in [0, 0.1) is 0 Å². The standard InChI is InChI=1S/C16H20N2O2/c19-10-2-9-18(12-14-5-7-17-8-6-14)13-15-3-1-4-16(20)11-15/h1,3-8,11,19-20H,2,9-10,12-13H2. The Hall–Kier alpha value is -1.91. The summed E-state index contributed by atoms with van der Waals surface area (Å²) in [7, 11) is 0. The van der Waals surface area contributed by atoms with Crippen molar-refractivity contribution in [3.63, 3.8) is 0 Å². The van der Waals surface area contributed by atoms with Crippen molar-refractivity contribution in [2.24, 2.45) is 0 Å². The summed E-state index contributed by atoms with van der Waals surface area (Å²) in [5.41, 5.74) is 2.26. The molecule has 0 unspecified atom stereocenters. The van der Waals surface area contributed by atoms with E-state index in [1.165, 1.54) is 5.56 Å². The molecular weight excluding hydrogens is 252 g/mol. The Balaban J connectivity index is 2.03.